The highest BCUT2D eigenvalue weighted by atomic mass is 32.2. The van der Waals surface area contributed by atoms with E-state index in [0.717, 1.165) is 10.6 Å². The topological polar surface area (TPSA) is 64.3 Å². The second kappa shape index (κ2) is 7.59. The summed E-state index contributed by atoms with van der Waals surface area (Å²) < 4.78 is 5.20. The van der Waals surface area contributed by atoms with Crippen LogP contribution in [0.5, 0.6) is 5.75 Å². The highest BCUT2D eigenvalue weighted by Crippen LogP contribution is 2.24. The van der Waals surface area contributed by atoms with Crippen molar-refractivity contribution in [3.05, 3.63) is 48.5 Å². The van der Waals surface area contributed by atoms with Crippen LogP contribution in [0.2, 0.25) is 0 Å². The molecule has 21 heavy (non-hydrogen) atoms. The van der Waals surface area contributed by atoms with Gasteiger partial charge >= 0.3 is 0 Å². The fourth-order valence-electron chi connectivity index (χ4n) is 1.79. The van der Waals surface area contributed by atoms with Crippen molar-refractivity contribution in [2.24, 2.45) is 0 Å². The van der Waals surface area contributed by atoms with E-state index in [1.165, 1.54) is 0 Å². The van der Waals surface area contributed by atoms with E-state index in [1.54, 1.807) is 18.9 Å². The molecule has 2 rings (SSSR count). The summed E-state index contributed by atoms with van der Waals surface area (Å²) in [6.07, 6.45) is 0.438. The molecular weight excluding hydrogens is 284 g/mol. The number of amides is 1. The number of benzene rings is 2. The van der Waals surface area contributed by atoms with Crippen LogP contribution in [0.4, 0.5) is 11.4 Å². The fourth-order valence-corrected chi connectivity index (χ4v) is 2.64. The normalized spacial score (nSPS) is 10.1. The predicted octanol–water partition coefficient (Wildman–Crippen LogP) is 3.40. The Morgan fingerprint density at radius 3 is 2.62 bits per heavy atom. The van der Waals surface area contributed by atoms with Crippen LogP contribution < -0.4 is 15.8 Å². The van der Waals surface area contributed by atoms with Crippen molar-refractivity contribution in [1.82, 2.24) is 0 Å². The molecule has 4 nitrogen and oxygen atoms in total. The lowest BCUT2D eigenvalue weighted by Crippen LogP contribution is -2.12. The number of hydrogen-bond acceptors (Lipinski definition) is 4. The van der Waals surface area contributed by atoms with Gasteiger partial charge in [-0.1, -0.05) is 12.1 Å². The van der Waals surface area contributed by atoms with Gasteiger partial charge in [0.25, 0.3) is 0 Å². The quantitative estimate of drug-likeness (QED) is 0.634. The van der Waals surface area contributed by atoms with Crippen LogP contribution in [0.3, 0.4) is 0 Å². The zero-order chi connectivity index (χ0) is 15.1. The van der Waals surface area contributed by atoms with E-state index >= 15 is 0 Å². The van der Waals surface area contributed by atoms with Crippen molar-refractivity contribution in [2.75, 3.05) is 23.9 Å². The van der Waals surface area contributed by atoms with Crippen LogP contribution in [0, 0.1) is 0 Å². The number of hydrogen-bond donors (Lipinski definition) is 2. The predicted molar refractivity (Wildman–Crippen MR) is 87.8 cm³/mol. The highest BCUT2D eigenvalue weighted by molar-refractivity contribution is 7.99. The Labute approximate surface area is 128 Å². The van der Waals surface area contributed by atoms with Crippen LogP contribution in [-0.2, 0) is 4.79 Å². The number of nitrogens with two attached hydrogens (primary N) is 1. The number of nitrogens with one attached hydrogen (secondary N) is 1. The summed E-state index contributed by atoms with van der Waals surface area (Å²) in [4.78, 5) is 13.0. The molecule has 0 fully saturated rings. The molecule has 110 valence electrons. The number of para-hydroxylation sites is 2. The molecule has 0 saturated carbocycles. The second-order valence-corrected chi connectivity index (χ2v) is 5.58. The van der Waals surface area contributed by atoms with Gasteiger partial charge in [0.05, 0.1) is 12.8 Å². The Morgan fingerprint density at radius 2 is 1.90 bits per heavy atom. The summed E-state index contributed by atoms with van der Waals surface area (Å²) in [5.74, 6) is 1.35. The summed E-state index contributed by atoms with van der Waals surface area (Å²) in [5, 5.41) is 2.86. The molecule has 0 bridgehead atoms. The van der Waals surface area contributed by atoms with E-state index in [4.69, 9.17) is 10.5 Å². The molecule has 5 heteroatoms. The molecule has 2 aromatic carbocycles. The van der Waals surface area contributed by atoms with Gasteiger partial charge in [0.2, 0.25) is 5.91 Å². The highest BCUT2D eigenvalue weighted by Gasteiger charge is 2.06. The van der Waals surface area contributed by atoms with Crippen molar-refractivity contribution in [2.45, 2.75) is 11.3 Å². The standard InChI is InChI=1S/C16H18N2O2S/c1-20-15-5-3-2-4-14(15)18-16(19)10-11-21-13-8-6-12(17)7-9-13/h2-9H,10-11,17H2,1H3,(H,18,19). The molecule has 0 spiro atoms. The van der Waals surface area contributed by atoms with Gasteiger partial charge in [-0.25, -0.2) is 0 Å². The van der Waals surface area contributed by atoms with Gasteiger partial charge in [-0.3, -0.25) is 4.79 Å². The summed E-state index contributed by atoms with van der Waals surface area (Å²) in [5.41, 5.74) is 7.07. The number of rotatable bonds is 6. The minimum Gasteiger partial charge on any atom is -0.495 e. The van der Waals surface area contributed by atoms with Gasteiger partial charge in [0, 0.05) is 22.8 Å². The van der Waals surface area contributed by atoms with Crippen molar-refractivity contribution in [1.29, 1.82) is 0 Å². The maximum atomic E-state index is 11.9. The molecule has 0 heterocycles. The Kier molecular flexibility index (Phi) is 5.51. The molecule has 0 aliphatic heterocycles. The van der Waals surface area contributed by atoms with Gasteiger partial charge < -0.3 is 15.8 Å². The summed E-state index contributed by atoms with van der Waals surface area (Å²) in [6.45, 7) is 0. The van der Waals surface area contributed by atoms with Gasteiger partial charge in [0.1, 0.15) is 5.75 Å². The lowest BCUT2D eigenvalue weighted by Gasteiger charge is -2.09. The van der Waals surface area contributed by atoms with Crippen LogP contribution in [0.15, 0.2) is 53.4 Å². The first-order valence-electron chi connectivity index (χ1n) is 6.60. The molecule has 0 aliphatic rings. The average Bonchev–Trinajstić information content (AvgIpc) is 2.50. The SMILES string of the molecule is COc1ccccc1NC(=O)CCSc1ccc(N)cc1. The van der Waals surface area contributed by atoms with Crippen molar-refractivity contribution >= 4 is 29.0 Å². The molecule has 0 aliphatic carbocycles. The monoisotopic (exact) mass is 302 g/mol. The van der Waals surface area contributed by atoms with Crippen LogP contribution in [0.25, 0.3) is 0 Å². The van der Waals surface area contributed by atoms with Crippen molar-refractivity contribution in [3.63, 3.8) is 0 Å². The lowest BCUT2D eigenvalue weighted by molar-refractivity contribution is -0.115. The number of thioether (sulfide) groups is 1. The van der Waals surface area contributed by atoms with Crippen LogP contribution in [0.1, 0.15) is 6.42 Å². The number of nitrogen functional groups attached to an aromatic ring is 1. The summed E-state index contributed by atoms with van der Waals surface area (Å²) >= 11 is 1.63. The minimum absolute atomic E-state index is 0.0255. The first-order valence-corrected chi connectivity index (χ1v) is 7.59. The fraction of sp³-hybridized carbons (Fsp3) is 0.188. The number of carbonyl (C=O) groups excluding carboxylic acids is 1. The van der Waals surface area contributed by atoms with E-state index in [9.17, 15) is 4.79 Å². The molecule has 0 saturated heterocycles. The largest absolute Gasteiger partial charge is 0.495 e. The number of carbonyl (C=O) groups is 1. The Morgan fingerprint density at radius 1 is 1.19 bits per heavy atom. The molecule has 0 atom stereocenters. The average molecular weight is 302 g/mol. The van der Waals surface area contributed by atoms with Gasteiger partial charge in [0.15, 0.2) is 0 Å². The second-order valence-electron chi connectivity index (χ2n) is 4.42. The van der Waals surface area contributed by atoms with E-state index in [1.807, 2.05) is 48.5 Å². The van der Waals surface area contributed by atoms with E-state index in [-0.39, 0.29) is 5.91 Å². The van der Waals surface area contributed by atoms with Crippen LogP contribution >= 0.6 is 11.8 Å². The minimum atomic E-state index is -0.0255. The maximum absolute atomic E-state index is 11.9. The summed E-state index contributed by atoms with van der Waals surface area (Å²) in [7, 11) is 1.59. The first-order chi connectivity index (χ1) is 10.2. The molecule has 3 N–H and O–H groups in total. The van der Waals surface area contributed by atoms with Crippen molar-refractivity contribution < 1.29 is 9.53 Å². The van der Waals surface area contributed by atoms with E-state index in [0.29, 0.717) is 23.6 Å². The number of anilines is 2. The maximum Gasteiger partial charge on any atom is 0.225 e. The third-order valence-electron chi connectivity index (χ3n) is 2.86. The third kappa shape index (κ3) is 4.72. The van der Waals surface area contributed by atoms with Crippen LogP contribution in [-0.4, -0.2) is 18.8 Å². The van der Waals surface area contributed by atoms with Gasteiger partial charge in [-0.05, 0) is 36.4 Å². The zero-order valence-electron chi connectivity index (χ0n) is 11.8. The van der Waals surface area contributed by atoms with E-state index < -0.39 is 0 Å². The first kappa shape index (κ1) is 15.3. The molecule has 2 aromatic rings. The zero-order valence-corrected chi connectivity index (χ0v) is 12.7. The Hall–Kier alpha value is -2.14. The number of ether oxygens (including phenoxy) is 1. The van der Waals surface area contributed by atoms with Gasteiger partial charge in [-0.15, -0.1) is 11.8 Å². The Balaban J connectivity index is 1.81. The van der Waals surface area contributed by atoms with Gasteiger partial charge in [-0.2, -0.15) is 0 Å². The lowest BCUT2D eigenvalue weighted by atomic mass is 10.3. The van der Waals surface area contributed by atoms with Crippen molar-refractivity contribution in [3.8, 4) is 5.75 Å². The van der Waals surface area contributed by atoms with E-state index in [2.05, 4.69) is 5.32 Å². The third-order valence-corrected chi connectivity index (χ3v) is 3.87. The molecule has 0 radical (unpaired) electrons. The molecular formula is C16H18N2O2S. The smallest absolute Gasteiger partial charge is 0.225 e. The summed E-state index contributed by atoms with van der Waals surface area (Å²) in [6, 6.07) is 15.0. The molecule has 0 unspecified atom stereocenters. The molecule has 0 aromatic heterocycles. The Bertz CT molecular complexity index is 599. The molecule has 1 amide bonds. The number of methoxy groups -OCH3 is 1.